The molecule has 0 saturated carbocycles. The Morgan fingerprint density at radius 2 is 1.56 bits per heavy atom. The summed E-state index contributed by atoms with van der Waals surface area (Å²) in [6.07, 6.45) is 0. The van der Waals surface area contributed by atoms with Crippen molar-refractivity contribution in [2.24, 2.45) is 0 Å². The normalized spacial score (nSPS) is 10.3. The van der Waals surface area contributed by atoms with E-state index in [2.05, 4.69) is 26.6 Å². The van der Waals surface area contributed by atoms with Crippen molar-refractivity contribution in [2.45, 2.75) is 0 Å². The fourth-order valence-electron chi connectivity index (χ4n) is 2.11. The van der Waals surface area contributed by atoms with Crippen molar-refractivity contribution < 1.29 is 9.59 Å². The maximum Gasteiger partial charge on any atom is 0.265 e. The van der Waals surface area contributed by atoms with Gasteiger partial charge < -0.3 is 10.6 Å². The molecule has 0 spiro atoms. The molecule has 0 atom stereocenters. The molecule has 2 aromatic carbocycles. The summed E-state index contributed by atoms with van der Waals surface area (Å²) in [5.41, 5.74) is 1.64. The second-order valence-corrected chi connectivity index (χ2v) is 7.36. The van der Waals surface area contributed by atoms with E-state index in [-0.39, 0.29) is 11.8 Å². The molecule has 3 aromatic rings. The first kappa shape index (κ1) is 17.7. The second kappa shape index (κ2) is 7.82. The summed E-state index contributed by atoms with van der Waals surface area (Å²) in [6.45, 7) is 0. The zero-order chi connectivity index (χ0) is 17.8. The molecule has 2 N–H and O–H groups in total. The van der Waals surface area contributed by atoms with E-state index in [0.717, 1.165) is 4.47 Å². The van der Waals surface area contributed by atoms with Crippen LogP contribution in [0.15, 0.2) is 64.5 Å². The Labute approximate surface area is 162 Å². The lowest BCUT2D eigenvalue weighted by Crippen LogP contribution is -2.13. The monoisotopic (exact) mass is 434 g/mol. The molecule has 25 heavy (non-hydrogen) atoms. The second-order valence-electron chi connectivity index (χ2n) is 5.09. The van der Waals surface area contributed by atoms with E-state index in [0.29, 0.717) is 26.8 Å². The average Bonchev–Trinajstić information content (AvgIpc) is 3.13. The van der Waals surface area contributed by atoms with Crippen LogP contribution in [0.25, 0.3) is 0 Å². The predicted molar refractivity (Wildman–Crippen MR) is 106 cm³/mol. The number of amides is 2. The summed E-state index contributed by atoms with van der Waals surface area (Å²) < 4.78 is 0.772. The molecule has 1 heterocycles. The third-order valence-electron chi connectivity index (χ3n) is 3.32. The highest BCUT2D eigenvalue weighted by atomic mass is 79.9. The Morgan fingerprint density at radius 1 is 0.920 bits per heavy atom. The number of nitrogens with one attached hydrogen (secondary N) is 2. The van der Waals surface area contributed by atoms with Crippen molar-refractivity contribution in [1.29, 1.82) is 0 Å². The van der Waals surface area contributed by atoms with Crippen LogP contribution in [0.2, 0.25) is 5.02 Å². The van der Waals surface area contributed by atoms with E-state index >= 15 is 0 Å². The number of anilines is 2. The molecule has 0 aliphatic heterocycles. The molecule has 3 rings (SSSR count). The van der Waals surface area contributed by atoms with Crippen LogP contribution in [0.4, 0.5) is 11.4 Å². The molecule has 126 valence electrons. The van der Waals surface area contributed by atoms with Crippen molar-refractivity contribution in [3.8, 4) is 0 Å². The first-order valence-electron chi connectivity index (χ1n) is 7.24. The average molecular weight is 436 g/mol. The number of carbonyl (C=O) groups is 2. The standard InChI is InChI=1S/C18H12BrClN2O2S/c19-11-3-8-15(20)14(10-11)17(23)21-12-4-6-13(7-5-12)22-18(24)16-2-1-9-25-16/h1-10H,(H,21,23)(H,22,24). The van der Waals surface area contributed by atoms with Crippen molar-refractivity contribution in [3.05, 3.63) is 79.9 Å². The summed E-state index contributed by atoms with van der Waals surface area (Å²) in [5.74, 6) is -0.464. The molecule has 0 aliphatic rings. The first-order chi connectivity index (χ1) is 12.0. The van der Waals surface area contributed by atoms with Gasteiger partial charge in [-0.3, -0.25) is 9.59 Å². The maximum atomic E-state index is 12.3. The van der Waals surface area contributed by atoms with E-state index < -0.39 is 0 Å². The van der Waals surface area contributed by atoms with Crippen LogP contribution in [-0.2, 0) is 0 Å². The molecular weight excluding hydrogens is 424 g/mol. The van der Waals surface area contributed by atoms with Crippen LogP contribution in [-0.4, -0.2) is 11.8 Å². The topological polar surface area (TPSA) is 58.2 Å². The van der Waals surface area contributed by atoms with E-state index in [1.807, 2.05) is 11.4 Å². The van der Waals surface area contributed by atoms with Gasteiger partial charge in [0.2, 0.25) is 0 Å². The highest BCUT2D eigenvalue weighted by Gasteiger charge is 2.12. The van der Waals surface area contributed by atoms with Crippen molar-refractivity contribution in [3.63, 3.8) is 0 Å². The van der Waals surface area contributed by atoms with Crippen LogP contribution >= 0.6 is 38.9 Å². The summed E-state index contributed by atoms with van der Waals surface area (Å²) in [6, 6.07) is 15.6. The zero-order valence-electron chi connectivity index (χ0n) is 12.8. The molecule has 0 aliphatic carbocycles. The van der Waals surface area contributed by atoms with E-state index in [1.54, 1.807) is 48.5 Å². The first-order valence-corrected chi connectivity index (χ1v) is 9.29. The smallest absolute Gasteiger partial charge is 0.265 e. The van der Waals surface area contributed by atoms with Gasteiger partial charge in [0, 0.05) is 15.8 Å². The van der Waals surface area contributed by atoms with Gasteiger partial charge in [0.1, 0.15) is 0 Å². The van der Waals surface area contributed by atoms with Crippen molar-refractivity contribution in [2.75, 3.05) is 10.6 Å². The Hall–Kier alpha value is -2.15. The fourth-order valence-corrected chi connectivity index (χ4v) is 3.29. The van der Waals surface area contributed by atoms with Crippen LogP contribution in [0.5, 0.6) is 0 Å². The number of benzene rings is 2. The Kier molecular flexibility index (Phi) is 5.53. The van der Waals surface area contributed by atoms with E-state index in [9.17, 15) is 9.59 Å². The highest BCUT2D eigenvalue weighted by Crippen LogP contribution is 2.23. The van der Waals surface area contributed by atoms with Gasteiger partial charge in [-0.25, -0.2) is 0 Å². The van der Waals surface area contributed by atoms with Gasteiger partial charge in [0.05, 0.1) is 15.5 Å². The molecule has 0 unspecified atom stereocenters. The van der Waals surface area contributed by atoms with Crippen LogP contribution < -0.4 is 10.6 Å². The molecule has 0 saturated heterocycles. The van der Waals surface area contributed by atoms with Gasteiger partial charge in [0.15, 0.2) is 0 Å². The SMILES string of the molecule is O=C(Nc1ccc(NC(=O)c2cc(Br)ccc2Cl)cc1)c1cccs1. The number of carbonyl (C=O) groups excluding carboxylic acids is 2. The van der Waals surface area contributed by atoms with E-state index in [4.69, 9.17) is 11.6 Å². The zero-order valence-corrected chi connectivity index (χ0v) is 15.9. The minimum atomic E-state index is -0.304. The lowest BCUT2D eigenvalue weighted by Gasteiger charge is -2.09. The summed E-state index contributed by atoms with van der Waals surface area (Å²) in [5, 5.41) is 7.81. The fraction of sp³-hybridized carbons (Fsp3) is 0. The van der Waals surface area contributed by atoms with Crippen LogP contribution in [0.3, 0.4) is 0 Å². The summed E-state index contributed by atoms with van der Waals surface area (Å²) in [4.78, 5) is 25.0. The molecule has 4 nitrogen and oxygen atoms in total. The lowest BCUT2D eigenvalue weighted by atomic mass is 10.2. The number of hydrogen-bond donors (Lipinski definition) is 2. The Balaban J connectivity index is 1.67. The van der Waals surface area contributed by atoms with Gasteiger partial charge in [0.25, 0.3) is 11.8 Å². The predicted octanol–water partition coefficient (Wildman–Crippen LogP) is 5.67. The van der Waals surface area contributed by atoms with Crippen molar-refractivity contribution >= 4 is 62.1 Å². The minimum Gasteiger partial charge on any atom is -0.322 e. The molecule has 0 radical (unpaired) electrons. The molecule has 1 aromatic heterocycles. The molecule has 7 heteroatoms. The molecular formula is C18H12BrClN2O2S. The third-order valence-corrected chi connectivity index (χ3v) is 5.01. The molecule has 0 bridgehead atoms. The summed E-state index contributed by atoms with van der Waals surface area (Å²) >= 11 is 10.8. The highest BCUT2D eigenvalue weighted by molar-refractivity contribution is 9.10. The van der Waals surface area contributed by atoms with Crippen LogP contribution in [0, 0.1) is 0 Å². The van der Waals surface area contributed by atoms with Gasteiger partial charge in [-0.2, -0.15) is 0 Å². The largest absolute Gasteiger partial charge is 0.322 e. The van der Waals surface area contributed by atoms with Crippen LogP contribution in [0.1, 0.15) is 20.0 Å². The third kappa shape index (κ3) is 4.48. The van der Waals surface area contributed by atoms with Gasteiger partial charge in [-0.05, 0) is 53.9 Å². The number of rotatable bonds is 4. The molecule has 2 amide bonds. The Bertz CT molecular complexity index is 911. The Morgan fingerprint density at radius 3 is 2.16 bits per heavy atom. The van der Waals surface area contributed by atoms with E-state index in [1.165, 1.54) is 11.3 Å². The quantitative estimate of drug-likeness (QED) is 0.555. The van der Waals surface area contributed by atoms with Gasteiger partial charge in [-0.15, -0.1) is 11.3 Å². The van der Waals surface area contributed by atoms with Gasteiger partial charge in [-0.1, -0.05) is 33.6 Å². The minimum absolute atomic E-state index is 0.160. The number of halogens is 2. The van der Waals surface area contributed by atoms with Gasteiger partial charge >= 0.3 is 0 Å². The van der Waals surface area contributed by atoms with Crippen molar-refractivity contribution in [1.82, 2.24) is 0 Å². The summed E-state index contributed by atoms with van der Waals surface area (Å²) in [7, 11) is 0. The lowest BCUT2D eigenvalue weighted by molar-refractivity contribution is 0.102. The molecule has 0 fully saturated rings. The number of hydrogen-bond acceptors (Lipinski definition) is 3. The maximum absolute atomic E-state index is 12.3. The number of thiophene rings is 1.